The number of aromatic carboxylic acids is 1. The van der Waals surface area contributed by atoms with Crippen LogP contribution in [0.2, 0.25) is 0 Å². The molecule has 1 rings (SSSR count). The lowest BCUT2D eigenvalue weighted by Gasteiger charge is -2.05. The fraction of sp³-hybridized carbons (Fsp3) is 0.222. The van der Waals surface area contributed by atoms with E-state index in [2.05, 4.69) is 4.98 Å². The minimum Gasteiger partial charge on any atom is -0.480 e. The van der Waals surface area contributed by atoms with Crippen LogP contribution < -0.4 is 11.3 Å². The van der Waals surface area contributed by atoms with E-state index < -0.39 is 23.5 Å². The van der Waals surface area contributed by atoms with Crippen molar-refractivity contribution >= 4 is 11.9 Å². The van der Waals surface area contributed by atoms with Crippen LogP contribution in [0.5, 0.6) is 0 Å². The zero-order chi connectivity index (χ0) is 12.3. The summed E-state index contributed by atoms with van der Waals surface area (Å²) >= 11 is 0. The Labute approximate surface area is 89.5 Å². The van der Waals surface area contributed by atoms with Crippen LogP contribution in [0.3, 0.4) is 0 Å². The lowest BCUT2D eigenvalue weighted by atomic mass is 10.1. The number of carboxylic acid groups (broad SMARTS) is 2. The second-order valence-electron chi connectivity index (χ2n) is 3.18. The molecule has 0 fully saturated rings. The molecule has 1 atom stereocenters. The molecular formula is C9H10N2O5. The van der Waals surface area contributed by atoms with Gasteiger partial charge in [-0.2, -0.15) is 0 Å². The molecule has 0 saturated heterocycles. The van der Waals surface area contributed by atoms with Crippen LogP contribution in [0.25, 0.3) is 0 Å². The largest absolute Gasteiger partial charge is 0.480 e. The minimum absolute atomic E-state index is 0.139. The average Bonchev–Trinajstić information content (AvgIpc) is 2.20. The van der Waals surface area contributed by atoms with Crippen LogP contribution in [0.15, 0.2) is 16.9 Å². The van der Waals surface area contributed by atoms with Gasteiger partial charge in [-0.25, -0.2) is 4.79 Å². The summed E-state index contributed by atoms with van der Waals surface area (Å²) in [5.74, 6) is -2.48. The van der Waals surface area contributed by atoms with E-state index in [1.165, 1.54) is 12.1 Å². The van der Waals surface area contributed by atoms with Gasteiger partial charge >= 0.3 is 11.9 Å². The van der Waals surface area contributed by atoms with Crippen molar-refractivity contribution in [3.63, 3.8) is 0 Å². The lowest BCUT2D eigenvalue weighted by Crippen LogP contribution is -2.34. The number of aliphatic carboxylic acids is 1. The number of rotatable bonds is 4. The zero-order valence-electron chi connectivity index (χ0n) is 8.14. The maximum Gasteiger partial charge on any atom is 0.352 e. The molecule has 0 aliphatic heterocycles. The molecule has 0 spiro atoms. The van der Waals surface area contributed by atoms with Crippen molar-refractivity contribution < 1.29 is 19.8 Å². The summed E-state index contributed by atoms with van der Waals surface area (Å²) in [7, 11) is 0. The number of hydrogen-bond acceptors (Lipinski definition) is 4. The van der Waals surface area contributed by atoms with Gasteiger partial charge in [0.25, 0.3) is 5.56 Å². The standard InChI is InChI=1S/C9H10N2O5/c10-5(8(13)14)3-4-1-2-6(9(15)16)11-7(4)12/h1-2,5H,3,10H2,(H,11,12)(H,13,14)(H,15,16). The first kappa shape index (κ1) is 11.9. The second-order valence-corrected chi connectivity index (χ2v) is 3.18. The summed E-state index contributed by atoms with van der Waals surface area (Å²) in [6.45, 7) is 0. The van der Waals surface area contributed by atoms with Gasteiger partial charge in [-0.05, 0) is 6.07 Å². The highest BCUT2D eigenvalue weighted by Crippen LogP contribution is 1.98. The molecule has 0 aliphatic carbocycles. The molecule has 0 amide bonds. The molecule has 0 aromatic carbocycles. The molecule has 1 heterocycles. The average molecular weight is 226 g/mol. The fourth-order valence-electron chi connectivity index (χ4n) is 1.11. The van der Waals surface area contributed by atoms with E-state index in [0.29, 0.717) is 0 Å². The monoisotopic (exact) mass is 226 g/mol. The summed E-state index contributed by atoms with van der Waals surface area (Å²) < 4.78 is 0. The second kappa shape index (κ2) is 4.58. The van der Waals surface area contributed by atoms with E-state index in [1.807, 2.05) is 0 Å². The molecule has 0 bridgehead atoms. The summed E-state index contributed by atoms with van der Waals surface area (Å²) in [5, 5.41) is 17.1. The smallest absolute Gasteiger partial charge is 0.352 e. The third-order valence-electron chi connectivity index (χ3n) is 1.98. The molecule has 0 saturated carbocycles. The minimum atomic E-state index is -1.26. The van der Waals surface area contributed by atoms with Crippen LogP contribution >= 0.6 is 0 Å². The van der Waals surface area contributed by atoms with E-state index in [1.54, 1.807) is 0 Å². The van der Waals surface area contributed by atoms with Crippen molar-refractivity contribution in [3.05, 3.63) is 33.7 Å². The van der Waals surface area contributed by atoms with E-state index in [9.17, 15) is 14.4 Å². The summed E-state index contributed by atoms with van der Waals surface area (Å²) in [5.41, 5.74) is 4.49. The molecule has 0 aliphatic rings. The lowest BCUT2D eigenvalue weighted by molar-refractivity contribution is -0.138. The Morgan fingerprint density at radius 3 is 2.44 bits per heavy atom. The number of pyridine rings is 1. The number of H-pyrrole nitrogens is 1. The van der Waals surface area contributed by atoms with Crippen molar-refractivity contribution in [1.82, 2.24) is 4.98 Å². The molecular weight excluding hydrogens is 216 g/mol. The van der Waals surface area contributed by atoms with Crippen molar-refractivity contribution in [3.8, 4) is 0 Å². The molecule has 1 unspecified atom stereocenters. The van der Waals surface area contributed by atoms with Crippen LogP contribution in [0.1, 0.15) is 16.1 Å². The van der Waals surface area contributed by atoms with E-state index >= 15 is 0 Å². The first-order valence-electron chi connectivity index (χ1n) is 4.35. The number of aromatic nitrogens is 1. The third-order valence-corrected chi connectivity index (χ3v) is 1.98. The van der Waals surface area contributed by atoms with Crippen molar-refractivity contribution in [1.29, 1.82) is 0 Å². The fourth-order valence-corrected chi connectivity index (χ4v) is 1.11. The molecule has 0 radical (unpaired) electrons. The highest BCUT2D eigenvalue weighted by atomic mass is 16.4. The Kier molecular flexibility index (Phi) is 3.41. The highest BCUT2D eigenvalue weighted by molar-refractivity contribution is 5.85. The van der Waals surface area contributed by atoms with Crippen LogP contribution in [0, 0.1) is 0 Å². The maximum absolute atomic E-state index is 11.3. The van der Waals surface area contributed by atoms with Crippen molar-refractivity contribution in [2.24, 2.45) is 5.73 Å². The Bertz CT molecular complexity index is 479. The summed E-state index contributed by atoms with van der Waals surface area (Å²) in [6, 6.07) is 1.26. The predicted molar refractivity (Wildman–Crippen MR) is 53.3 cm³/mol. The number of hydrogen-bond donors (Lipinski definition) is 4. The van der Waals surface area contributed by atoms with Gasteiger partial charge in [0.1, 0.15) is 11.7 Å². The van der Waals surface area contributed by atoms with E-state index in [4.69, 9.17) is 15.9 Å². The number of aromatic amines is 1. The van der Waals surface area contributed by atoms with Crippen molar-refractivity contribution in [2.45, 2.75) is 12.5 Å². The maximum atomic E-state index is 11.3. The van der Waals surface area contributed by atoms with Gasteiger partial charge in [0.05, 0.1) is 0 Å². The van der Waals surface area contributed by atoms with Crippen LogP contribution in [-0.2, 0) is 11.2 Å². The molecule has 86 valence electrons. The topological polar surface area (TPSA) is 133 Å². The van der Waals surface area contributed by atoms with Gasteiger partial charge in [-0.15, -0.1) is 0 Å². The first-order valence-corrected chi connectivity index (χ1v) is 4.35. The Balaban J connectivity index is 2.96. The molecule has 1 aromatic heterocycles. The Hall–Kier alpha value is -2.15. The predicted octanol–water partition coefficient (Wildman–Crippen LogP) is -0.972. The number of nitrogens with one attached hydrogen (secondary N) is 1. The molecule has 5 N–H and O–H groups in total. The SMILES string of the molecule is NC(Cc1ccc(C(=O)O)[nH]c1=O)C(=O)O. The van der Waals surface area contributed by atoms with Crippen molar-refractivity contribution in [2.75, 3.05) is 0 Å². The van der Waals surface area contributed by atoms with Gasteiger partial charge in [0, 0.05) is 12.0 Å². The molecule has 16 heavy (non-hydrogen) atoms. The van der Waals surface area contributed by atoms with Crippen LogP contribution in [0.4, 0.5) is 0 Å². The van der Waals surface area contributed by atoms with E-state index in [-0.39, 0.29) is 17.7 Å². The zero-order valence-corrected chi connectivity index (χ0v) is 8.14. The third kappa shape index (κ3) is 2.67. The number of nitrogens with two attached hydrogens (primary N) is 1. The first-order chi connectivity index (χ1) is 7.41. The van der Waals surface area contributed by atoms with Gasteiger partial charge in [0.2, 0.25) is 0 Å². The molecule has 7 nitrogen and oxygen atoms in total. The van der Waals surface area contributed by atoms with E-state index in [0.717, 1.165) is 0 Å². The normalized spacial score (nSPS) is 12.1. The Morgan fingerprint density at radius 1 is 1.38 bits per heavy atom. The quantitative estimate of drug-likeness (QED) is 0.521. The summed E-state index contributed by atoms with van der Waals surface area (Å²) in [6.07, 6.45) is -0.148. The number of carbonyl (C=O) groups is 2. The van der Waals surface area contributed by atoms with Gasteiger partial charge < -0.3 is 20.9 Å². The van der Waals surface area contributed by atoms with Gasteiger partial charge in [0.15, 0.2) is 0 Å². The molecule has 7 heteroatoms. The highest BCUT2D eigenvalue weighted by Gasteiger charge is 2.15. The molecule has 1 aromatic rings. The summed E-state index contributed by atoms with van der Waals surface area (Å²) in [4.78, 5) is 34.4. The number of carboxylic acids is 2. The Morgan fingerprint density at radius 2 is 2.00 bits per heavy atom. The van der Waals surface area contributed by atoms with Gasteiger partial charge in [-0.3, -0.25) is 9.59 Å². The van der Waals surface area contributed by atoms with Gasteiger partial charge in [-0.1, -0.05) is 6.07 Å². The van der Waals surface area contributed by atoms with Crippen LogP contribution in [-0.4, -0.2) is 33.2 Å².